The number of allylic oxidation sites excluding steroid dienone is 4. The Morgan fingerprint density at radius 1 is 0.953 bits per heavy atom. The monoisotopic (exact) mass is 647 g/mol. The number of hydrogen-bond donors (Lipinski definition) is 3. The molecule has 3 aromatic rings. The smallest absolute Gasteiger partial charge is 0.326 e. The van der Waals surface area contributed by atoms with Crippen LogP contribution in [0.15, 0.2) is 83.4 Å². The van der Waals surface area contributed by atoms with E-state index in [0.717, 1.165) is 33.9 Å². The molecule has 11 nitrogen and oxygen atoms in total. The summed E-state index contributed by atoms with van der Waals surface area (Å²) in [6.45, 7) is 7.75. The van der Waals surface area contributed by atoms with Gasteiger partial charge in [0.15, 0.2) is 11.6 Å². The first-order valence-corrected chi connectivity index (χ1v) is 17.0. The second-order valence-corrected chi connectivity index (χ2v) is 15.0. The molecule has 5 rings (SSSR count). The standard InChI is InChI=1S/C29H30N2O9S3/c1-28(2)22-16-20(41-40-39-32)13-15-23(22)30(17-42(33,34)35)25(28)10-7-11-26-29(3,4)27-21-9-6-5-8-19(21)12-14-24(27)31(26)18-43(36,37)38/h5-16H,17-18H2,1-4H3,(H2-,32,33,34,35,36,37,38)/p+1. The average Bonchev–Trinajstić information content (AvgIpc) is 3.24. The van der Waals surface area contributed by atoms with E-state index in [0.29, 0.717) is 27.7 Å². The zero-order chi connectivity index (χ0) is 31.4. The maximum Gasteiger partial charge on any atom is 0.326 e. The van der Waals surface area contributed by atoms with Crippen LogP contribution in [0.3, 0.4) is 0 Å². The van der Waals surface area contributed by atoms with E-state index in [1.54, 1.807) is 41.3 Å². The Morgan fingerprint density at radius 2 is 1.67 bits per heavy atom. The van der Waals surface area contributed by atoms with E-state index in [-0.39, 0.29) is 0 Å². The van der Waals surface area contributed by atoms with Crippen molar-refractivity contribution < 1.29 is 45.1 Å². The molecule has 14 heteroatoms. The summed E-state index contributed by atoms with van der Waals surface area (Å²) >= 11 is 0.766. The van der Waals surface area contributed by atoms with E-state index in [1.807, 2.05) is 64.1 Å². The van der Waals surface area contributed by atoms with Crippen molar-refractivity contribution in [2.45, 2.75) is 43.4 Å². The Balaban J connectivity index is 1.63. The first-order valence-electron chi connectivity index (χ1n) is 13.1. The average molecular weight is 648 g/mol. The van der Waals surface area contributed by atoms with E-state index >= 15 is 0 Å². The van der Waals surface area contributed by atoms with Crippen LogP contribution in [-0.4, -0.2) is 53.2 Å². The van der Waals surface area contributed by atoms with Crippen LogP contribution in [0.1, 0.15) is 38.8 Å². The summed E-state index contributed by atoms with van der Waals surface area (Å²) in [7, 11) is -8.84. The fourth-order valence-corrected chi connectivity index (χ4v) is 7.74. The number of hydrogen-bond acceptors (Lipinski definition) is 9. The lowest BCUT2D eigenvalue weighted by molar-refractivity contribution is -0.432. The van der Waals surface area contributed by atoms with Gasteiger partial charge in [-0.1, -0.05) is 55.3 Å². The third-order valence-corrected chi connectivity index (χ3v) is 9.61. The van der Waals surface area contributed by atoms with Gasteiger partial charge in [-0.2, -0.15) is 21.4 Å². The number of nitrogens with zero attached hydrogens (tertiary/aromatic N) is 2. The summed E-state index contributed by atoms with van der Waals surface area (Å²) in [4.78, 5) is 2.15. The fourth-order valence-electron chi connectivity index (χ4n) is 6.13. The van der Waals surface area contributed by atoms with E-state index in [1.165, 1.54) is 4.58 Å². The molecule has 0 spiro atoms. The van der Waals surface area contributed by atoms with Crippen LogP contribution >= 0.6 is 12.0 Å². The van der Waals surface area contributed by atoms with Gasteiger partial charge < -0.3 is 4.90 Å². The molecular formula is C29H31N2O9S3+. The molecule has 0 aromatic heterocycles. The lowest BCUT2D eigenvalue weighted by atomic mass is 9.80. The Kier molecular flexibility index (Phi) is 8.11. The largest absolute Gasteiger partial charge is 0.327 e. The third kappa shape index (κ3) is 6.01. The van der Waals surface area contributed by atoms with Crippen molar-refractivity contribution in [3.63, 3.8) is 0 Å². The van der Waals surface area contributed by atoms with Gasteiger partial charge in [-0.3, -0.25) is 9.11 Å². The topological polar surface area (TPSA) is 154 Å². The molecule has 3 aromatic carbocycles. The third-order valence-electron chi connectivity index (χ3n) is 7.87. The lowest BCUT2D eigenvalue weighted by Gasteiger charge is -2.26. The minimum Gasteiger partial charge on any atom is -0.327 e. The maximum atomic E-state index is 12.1. The highest BCUT2D eigenvalue weighted by atomic mass is 32.2. The molecule has 0 atom stereocenters. The molecule has 43 heavy (non-hydrogen) atoms. The van der Waals surface area contributed by atoms with Crippen molar-refractivity contribution in [3.8, 4) is 0 Å². The molecule has 0 saturated heterocycles. The van der Waals surface area contributed by atoms with E-state index < -0.39 is 42.8 Å². The molecule has 0 saturated carbocycles. The van der Waals surface area contributed by atoms with Crippen LogP contribution in [0, 0.1) is 0 Å². The zero-order valence-corrected chi connectivity index (χ0v) is 26.2. The van der Waals surface area contributed by atoms with Crippen molar-refractivity contribution in [3.05, 3.63) is 89.6 Å². The van der Waals surface area contributed by atoms with Crippen molar-refractivity contribution in [2.24, 2.45) is 0 Å². The fraction of sp³-hybridized carbons (Fsp3) is 0.276. The SMILES string of the molecule is CC1(C)C(C=CC=C2N(CS(=O)(=O)O)c3ccc4ccccc4c3C2(C)C)=[N+](CS(=O)(=O)O)c2ccc(SOOO)cc21. The summed E-state index contributed by atoms with van der Waals surface area (Å²) < 4.78 is 74.0. The van der Waals surface area contributed by atoms with Crippen LogP contribution < -0.4 is 4.90 Å². The highest BCUT2D eigenvalue weighted by Gasteiger charge is 2.46. The molecule has 2 aliphatic rings. The molecule has 2 aliphatic heterocycles. The van der Waals surface area contributed by atoms with Gasteiger partial charge in [0.2, 0.25) is 5.69 Å². The zero-order valence-electron chi connectivity index (χ0n) is 23.8. The molecule has 0 fully saturated rings. The van der Waals surface area contributed by atoms with Crippen molar-refractivity contribution >= 4 is 60.1 Å². The van der Waals surface area contributed by atoms with Crippen molar-refractivity contribution in [1.29, 1.82) is 0 Å². The molecule has 3 N–H and O–H groups in total. The summed E-state index contributed by atoms with van der Waals surface area (Å²) in [5.74, 6) is -1.34. The Labute approximate surface area is 254 Å². The van der Waals surface area contributed by atoms with Gasteiger partial charge in [0.1, 0.15) is 0 Å². The summed E-state index contributed by atoms with van der Waals surface area (Å²) in [5.41, 5.74) is 2.63. The quantitative estimate of drug-likeness (QED) is 0.0878. The normalized spacial score (nSPS) is 18.7. The van der Waals surface area contributed by atoms with Crippen LogP contribution in [0.25, 0.3) is 10.8 Å². The van der Waals surface area contributed by atoms with Gasteiger partial charge in [-0.15, -0.1) is 4.33 Å². The van der Waals surface area contributed by atoms with Gasteiger partial charge in [0.05, 0.1) is 17.5 Å². The van der Waals surface area contributed by atoms with Crippen LogP contribution in [0.5, 0.6) is 0 Å². The van der Waals surface area contributed by atoms with Crippen LogP contribution in [0.4, 0.5) is 11.4 Å². The van der Waals surface area contributed by atoms with Gasteiger partial charge >= 0.3 is 10.1 Å². The Morgan fingerprint density at radius 3 is 2.35 bits per heavy atom. The lowest BCUT2D eigenvalue weighted by Crippen LogP contribution is -2.31. The molecular weight excluding hydrogens is 617 g/mol. The van der Waals surface area contributed by atoms with Crippen molar-refractivity contribution in [1.82, 2.24) is 0 Å². The van der Waals surface area contributed by atoms with Crippen LogP contribution in [0.2, 0.25) is 0 Å². The second kappa shape index (κ2) is 11.1. The van der Waals surface area contributed by atoms with Crippen LogP contribution in [-0.2, 0) is 40.4 Å². The van der Waals surface area contributed by atoms with Crippen molar-refractivity contribution in [2.75, 3.05) is 16.7 Å². The second-order valence-electron chi connectivity index (χ2n) is 11.4. The first-order chi connectivity index (χ1) is 20.0. The molecule has 0 amide bonds. The number of rotatable bonds is 9. The van der Waals surface area contributed by atoms with Gasteiger partial charge in [0.25, 0.3) is 16.0 Å². The highest BCUT2D eigenvalue weighted by Crippen LogP contribution is 2.51. The summed E-state index contributed by atoms with van der Waals surface area (Å²) in [5, 5.41) is 14.2. The van der Waals surface area contributed by atoms with E-state index in [2.05, 4.69) is 9.37 Å². The summed E-state index contributed by atoms with van der Waals surface area (Å²) in [6.07, 6.45) is 5.19. The van der Waals surface area contributed by atoms with Gasteiger partial charge in [-0.05, 0) is 54.5 Å². The van der Waals surface area contributed by atoms with Gasteiger partial charge in [-0.25, -0.2) is 5.26 Å². The maximum absolute atomic E-state index is 12.1. The molecule has 0 radical (unpaired) electrons. The van der Waals surface area contributed by atoms with Gasteiger partial charge in [0, 0.05) is 39.4 Å². The molecule has 228 valence electrons. The minimum atomic E-state index is -4.43. The molecule has 2 heterocycles. The molecule has 0 bridgehead atoms. The predicted molar refractivity (Wildman–Crippen MR) is 165 cm³/mol. The Hall–Kier alpha value is -3.08. The minimum absolute atomic E-state index is 0.553. The van der Waals surface area contributed by atoms with E-state index in [4.69, 9.17) is 5.26 Å². The first kappa shape index (κ1) is 31.3. The molecule has 0 unspecified atom stereocenters. The number of benzene rings is 3. The molecule has 0 aliphatic carbocycles. The highest BCUT2D eigenvalue weighted by molar-refractivity contribution is 7.94. The number of fused-ring (bicyclic) bond motifs is 4. The van der Waals surface area contributed by atoms with E-state index in [9.17, 15) is 25.9 Å². The number of anilines is 1. The summed E-state index contributed by atoms with van der Waals surface area (Å²) in [6, 6.07) is 16.7. The Bertz CT molecular complexity index is 1930. The predicted octanol–water partition coefficient (Wildman–Crippen LogP) is 5.57.